The summed E-state index contributed by atoms with van der Waals surface area (Å²) in [6.07, 6.45) is 0.779. The fourth-order valence-corrected chi connectivity index (χ4v) is 3.12. The molecule has 3 nitrogen and oxygen atoms in total. The third-order valence-corrected chi connectivity index (χ3v) is 4.96. The van der Waals surface area contributed by atoms with Gasteiger partial charge >= 0.3 is 0 Å². The van der Waals surface area contributed by atoms with Crippen molar-refractivity contribution in [1.82, 2.24) is 0 Å². The molecule has 3 aromatic rings. The lowest BCUT2D eigenvalue weighted by atomic mass is 10.0. The zero-order valence-electron chi connectivity index (χ0n) is 15.9. The van der Waals surface area contributed by atoms with Crippen molar-refractivity contribution in [1.29, 1.82) is 0 Å². The van der Waals surface area contributed by atoms with Crippen LogP contribution >= 0.6 is 0 Å². The maximum atomic E-state index is 13.3. The van der Waals surface area contributed by atoms with Crippen LogP contribution in [0.25, 0.3) is 0 Å². The van der Waals surface area contributed by atoms with Gasteiger partial charge in [-0.05, 0) is 54.7 Å². The van der Waals surface area contributed by atoms with E-state index in [1.807, 2.05) is 59.5 Å². The summed E-state index contributed by atoms with van der Waals surface area (Å²) in [7, 11) is 0. The highest BCUT2D eigenvalue weighted by atomic mass is 16.2. The molecule has 0 bridgehead atoms. The highest BCUT2D eigenvalue weighted by molar-refractivity contribution is 5.97. The Morgan fingerprint density at radius 3 is 2.15 bits per heavy atom. The first kappa shape index (κ1) is 18.9. The fourth-order valence-electron chi connectivity index (χ4n) is 3.12. The van der Waals surface area contributed by atoms with Gasteiger partial charge in [-0.25, -0.2) is 0 Å². The predicted molar refractivity (Wildman–Crippen MR) is 112 cm³/mol. The standard InChI is InChI=1S/C24H26N2O/c1-18-13-14-22(17-19(18)2)26(16-15-20-9-5-3-6-10-20)24(27)23(25)21-11-7-4-8-12-21/h3-14,17,23H,15-16,25H2,1-2H3. The molecule has 0 fully saturated rings. The maximum Gasteiger partial charge on any atom is 0.248 e. The average Bonchev–Trinajstić information content (AvgIpc) is 2.71. The SMILES string of the molecule is Cc1ccc(N(CCc2ccccc2)C(=O)C(N)c2ccccc2)cc1C. The molecular weight excluding hydrogens is 332 g/mol. The molecule has 0 heterocycles. The van der Waals surface area contributed by atoms with E-state index in [2.05, 4.69) is 38.1 Å². The number of benzene rings is 3. The molecule has 0 radical (unpaired) electrons. The molecule has 138 valence electrons. The Hall–Kier alpha value is -2.91. The Balaban J connectivity index is 1.88. The first-order valence-electron chi connectivity index (χ1n) is 9.29. The van der Waals surface area contributed by atoms with Crippen LogP contribution in [-0.2, 0) is 11.2 Å². The van der Waals surface area contributed by atoms with Crippen molar-refractivity contribution in [2.75, 3.05) is 11.4 Å². The molecule has 1 unspecified atom stereocenters. The molecule has 0 aliphatic carbocycles. The van der Waals surface area contributed by atoms with Crippen LogP contribution in [0.1, 0.15) is 28.3 Å². The number of anilines is 1. The lowest BCUT2D eigenvalue weighted by molar-refractivity contribution is -0.120. The Labute approximate surface area is 161 Å². The molecule has 2 N–H and O–H groups in total. The number of carbonyl (C=O) groups is 1. The Morgan fingerprint density at radius 1 is 0.889 bits per heavy atom. The number of nitrogens with two attached hydrogens (primary N) is 1. The normalized spacial score (nSPS) is 11.8. The van der Waals surface area contributed by atoms with E-state index in [0.717, 1.165) is 17.7 Å². The van der Waals surface area contributed by atoms with E-state index in [1.54, 1.807) is 0 Å². The minimum Gasteiger partial charge on any atom is -0.316 e. The predicted octanol–water partition coefficient (Wildman–Crippen LogP) is 4.58. The molecule has 3 heteroatoms. The molecule has 3 aromatic carbocycles. The van der Waals surface area contributed by atoms with Crippen molar-refractivity contribution in [3.8, 4) is 0 Å². The van der Waals surface area contributed by atoms with Crippen molar-refractivity contribution in [3.05, 3.63) is 101 Å². The third-order valence-electron chi connectivity index (χ3n) is 4.96. The van der Waals surface area contributed by atoms with Gasteiger partial charge in [-0.2, -0.15) is 0 Å². The summed E-state index contributed by atoms with van der Waals surface area (Å²) in [6.45, 7) is 4.73. The van der Waals surface area contributed by atoms with Gasteiger partial charge in [-0.15, -0.1) is 0 Å². The summed E-state index contributed by atoms with van der Waals surface area (Å²) >= 11 is 0. The molecule has 0 saturated carbocycles. The van der Waals surface area contributed by atoms with Crippen molar-refractivity contribution in [3.63, 3.8) is 0 Å². The van der Waals surface area contributed by atoms with Crippen LogP contribution in [0.5, 0.6) is 0 Å². The van der Waals surface area contributed by atoms with E-state index in [-0.39, 0.29) is 5.91 Å². The van der Waals surface area contributed by atoms with E-state index >= 15 is 0 Å². The van der Waals surface area contributed by atoms with Crippen LogP contribution in [0.2, 0.25) is 0 Å². The van der Waals surface area contributed by atoms with Gasteiger partial charge in [0, 0.05) is 12.2 Å². The van der Waals surface area contributed by atoms with Crippen LogP contribution in [0.15, 0.2) is 78.9 Å². The summed E-state index contributed by atoms with van der Waals surface area (Å²) in [4.78, 5) is 15.1. The first-order valence-corrected chi connectivity index (χ1v) is 9.29. The maximum absolute atomic E-state index is 13.3. The second-order valence-electron chi connectivity index (χ2n) is 6.88. The average molecular weight is 358 g/mol. The monoisotopic (exact) mass is 358 g/mol. The van der Waals surface area contributed by atoms with E-state index in [0.29, 0.717) is 6.54 Å². The third kappa shape index (κ3) is 4.63. The lowest BCUT2D eigenvalue weighted by Crippen LogP contribution is -2.40. The Kier molecular flexibility index (Phi) is 6.05. The van der Waals surface area contributed by atoms with Crippen molar-refractivity contribution < 1.29 is 4.79 Å². The quantitative estimate of drug-likeness (QED) is 0.701. The lowest BCUT2D eigenvalue weighted by Gasteiger charge is -2.27. The van der Waals surface area contributed by atoms with Crippen molar-refractivity contribution in [2.45, 2.75) is 26.3 Å². The molecule has 3 rings (SSSR count). The summed E-state index contributed by atoms with van der Waals surface area (Å²) in [6, 6.07) is 25.2. The van der Waals surface area contributed by atoms with Gasteiger partial charge in [-0.3, -0.25) is 4.79 Å². The second kappa shape index (κ2) is 8.65. The van der Waals surface area contributed by atoms with E-state index in [9.17, 15) is 4.79 Å². The summed E-state index contributed by atoms with van der Waals surface area (Å²) in [5.41, 5.74) is 11.6. The molecule has 0 aliphatic heterocycles. The topological polar surface area (TPSA) is 46.3 Å². The number of hydrogen-bond donors (Lipinski definition) is 1. The van der Waals surface area contributed by atoms with E-state index < -0.39 is 6.04 Å². The van der Waals surface area contributed by atoms with Gasteiger partial charge in [0.15, 0.2) is 0 Å². The number of amides is 1. The van der Waals surface area contributed by atoms with Crippen molar-refractivity contribution >= 4 is 11.6 Å². The largest absolute Gasteiger partial charge is 0.316 e. The van der Waals surface area contributed by atoms with Gasteiger partial charge in [0.25, 0.3) is 0 Å². The van der Waals surface area contributed by atoms with E-state index in [1.165, 1.54) is 16.7 Å². The van der Waals surface area contributed by atoms with Crippen LogP contribution in [-0.4, -0.2) is 12.5 Å². The molecule has 1 atom stereocenters. The molecule has 0 aromatic heterocycles. The summed E-state index contributed by atoms with van der Waals surface area (Å²) < 4.78 is 0. The van der Waals surface area contributed by atoms with Crippen LogP contribution < -0.4 is 10.6 Å². The Bertz CT molecular complexity index is 891. The number of carbonyl (C=O) groups excluding carboxylic acids is 1. The zero-order chi connectivity index (χ0) is 19.2. The number of rotatable bonds is 6. The number of nitrogens with zero attached hydrogens (tertiary/aromatic N) is 1. The van der Waals surface area contributed by atoms with Gasteiger partial charge in [0.1, 0.15) is 6.04 Å². The van der Waals surface area contributed by atoms with Gasteiger partial charge in [0.2, 0.25) is 5.91 Å². The highest BCUT2D eigenvalue weighted by Gasteiger charge is 2.24. The number of aryl methyl sites for hydroxylation is 2. The summed E-state index contributed by atoms with van der Waals surface area (Å²) in [5, 5.41) is 0. The smallest absolute Gasteiger partial charge is 0.248 e. The van der Waals surface area contributed by atoms with Gasteiger partial charge < -0.3 is 10.6 Å². The molecule has 0 saturated heterocycles. The minimum atomic E-state index is -0.677. The first-order chi connectivity index (χ1) is 13.1. The molecular formula is C24H26N2O. The molecule has 0 spiro atoms. The number of hydrogen-bond acceptors (Lipinski definition) is 2. The van der Waals surface area contributed by atoms with Crippen molar-refractivity contribution in [2.24, 2.45) is 5.73 Å². The molecule has 27 heavy (non-hydrogen) atoms. The summed E-state index contributed by atoms with van der Waals surface area (Å²) in [5.74, 6) is -0.0830. The van der Waals surface area contributed by atoms with Crippen LogP contribution in [0.4, 0.5) is 5.69 Å². The minimum absolute atomic E-state index is 0.0830. The van der Waals surface area contributed by atoms with E-state index in [4.69, 9.17) is 5.73 Å². The Morgan fingerprint density at radius 2 is 1.52 bits per heavy atom. The highest BCUT2D eigenvalue weighted by Crippen LogP contribution is 2.23. The fraction of sp³-hybridized carbons (Fsp3) is 0.208. The second-order valence-corrected chi connectivity index (χ2v) is 6.88. The van der Waals surface area contributed by atoms with Gasteiger partial charge in [-0.1, -0.05) is 66.7 Å². The van der Waals surface area contributed by atoms with Crippen LogP contribution in [0, 0.1) is 13.8 Å². The van der Waals surface area contributed by atoms with Crippen LogP contribution in [0.3, 0.4) is 0 Å². The van der Waals surface area contributed by atoms with Gasteiger partial charge in [0.05, 0.1) is 0 Å². The zero-order valence-corrected chi connectivity index (χ0v) is 15.9. The molecule has 0 aliphatic rings. The molecule has 1 amide bonds.